The molecule has 0 aliphatic carbocycles. The van der Waals surface area contributed by atoms with Gasteiger partial charge in [0.25, 0.3) is 0 Å². The van der Waals surface area contributed by atoms with Crippen LogP contribution in [0.1, 0.15) is 6.92 Å². The first-order valence-corrected chi connectivity index (χ1v) is 2.32. The number of hydrogen-bond acceptors (Lipinski definition) is 2. The molecule has 0 aromatic carbocycles. The molecule has 0 saturated heterocycles. The molecular weight excluding hydrogens is 122 g/mol. The summed E-state index contributed by atoms with van der Waals surface area (Å²) in [7, 11) is 0. The van der Waals surface area contributed by atoms with Crippen molar-refractivity contribution in [2.75, 3.05) is 19.6 Å². The third-order valence-corrected chi connectivity index (χ3v) is 0.571. The fraction of sp³-hybridized carbons (Fsp3) is 1.00. The Morgan fingerprint density at radius 3 is 2.00 bits per heavy atom. The monoisotopic (exact) mass is 134 g/mol. The maximum absolute atomic E-state index is 5.15. The summed E-state index contributed by atoms with van der Waals surface area (Å²) in [5.74, 6) is 0. The molecule has 0 aromatic rings. The van der Waals surface area contributed by atoms with Gasteiger partial charge in [-0.3, -0.25) is 0 Å². The van der Waals surface area contributed by atoms with Crippen LogP contribution in [-0.2, 0) is 0 Å². The Kier molecular flexibility index (Phi) is 32.9. The topological polar surface area (TPSA) is 38.0 Å². The van der Waals surface area contributed by atoms with Gasteiger partial charge in [0.2, 0.25) is 0 Å². The maximum Gasteiger partial charge on any atom is 0.00743 e. The molecule has 2 radical (unpaired) electrons. The zero-order valence-electron chi connectivity index (χ0n) is 6.20. The van der Waals surface area contributed by atoms with Crippen LogP contribution in [0.25, 0.3) is 0 Å². The first-order valence-electron chi connectivity index (χ1n) is 2.32. The Labute approximate surface area is 95.6 Å². The first-order chi connectivity index (χ1) is 2.91. The van der Waals surface area contributed by atoms with E-state index in [1.54, 1.807) is 0 Å². The van der Waals surface area contributed by atoms with Crippen LogP contribution in [0.15, 0.2) is 0 Å². The van der Waals surface area contributed by atoms with E-state index >= 15 is 0 Å². The van der Waals surface area contributed by atoms with E-state index in [9.17, 15) is 0 Å². The maximum atomic E-state index is 5.15. The molecule has 0 spiro atoms. The minimum atomic E-state index is 0. The number of hydrogen-bond donors (Lipinski definition) is 2. The molecule has 0 saturated carbocycles. The Morgan fingerprint density at radius 2 is 1.88 bits per heavy atom. The normalized spacial score (nSPS) is 6.75. The fourth-order valence-corrected chi connectivity index (χ4v) is 0.279. The Hall–Kier alpha value is 1.92. The second-order valence-corrected chi connectivity index (χ2v) is 1.14. The van der Waals surface area contributed by atoms with Gasteiger partial charge in [-0.1, -0.05) is 6.92 Å². The molecule has 40 valence electrons. The fourth-order valence-electron chi connectivity index (χ4n) is 0.279. The van der Waals surface area contributed by atoms with E-state index in [-0.39, 0.29) is 59.1 Å². The molecule has 2 nitrogen and oxygen atoms in total. The molecule has 0 aliphatic rings. The smallest absolute Gasteiger partial charge is 0.00743 e. The second kappa shape index (κ2) is 16.0. The van der Waals surface area contributed by atoms with Gasteiger partial charge in [-0.2, -0.15) is 0 Å². The van der Waals surface area contributed by atoms with Crippen molar-refractivity contribution in [2.24, 2.45) is 5.73 Å². The predicted molar refractivity (Wildman–Crippen MR) is 39.1 cm³/mol. The van der Waals surface area contributed by atoms with E-state index in [2.05, 4.69) is 12.2 Å². The number of likely N-dealkylation sites (N-methyl/N-ethyl adjacent to an activating group) is 1. The van der Waals surface area contributed by atoms with E-state index in [0.29, 0.717) is 0 Å². The summed E-state index contributed by atoms with van der Waals surface area (Å²) in [5, 5.41) is 3.07. The number of nitrogens with two attached hydrogens (primary N) is 1. The molecule has 0 atom stereocenters. The Balaban J connectivity index is -0.000000125. The van der Waals surface area contributed by atoms with Crippen molar-refractivity contribution in [1.29, 1.82) is 0 Å². The van der Waals surface area contributed by atoms with Crippen molar-refractivity contribution in [3.05, 3.63) is 0 Å². The van der Waals surface area contributed by atoms with Gasteiger partial charge in [0.15, 0.2) is 0 Å². The van der Waals surface area contributed by atoms with Crippen LogP contribution in [0, 0.1) is 0 Å². The third kappa shape index (κ3) is 15.7. The van der Waals surface area contributed by atoms with Gasteiger partial charge in [-0.15, -0.1) is 0 Å². The summed E-state index contributed by atoms with van der Waals surface area (Å²) < 4.78 is 0. The van der Waals surface area contributed by atoms with Crippen molar-refractivity contribution >= 4 is 59.1 Å². The minimum Gasteiger partial charge on any atom is -0.329 e. The van der Waals surface area contributed by atoms with Crippen molar-refractivity contribution in [3.8, 4) is 0 Å². The molecule has 3 N–H and O–H groups in total. The molecule has 0 rings (SSSR count). The summed E-state index contributed by atoms with van der Waals surface area (Å²) in [6, 6.07) is 0. The summed E-state index contributed by atoms with van der Waals surface area (Å²) >= 11 is 0. The van der Waals surface area contributed by atoms with Crippen LogP contribution in [-0.4, -0.2) is 78.7 Å². The molecule has 0 bridgehead atoms. The van der Waals surface area contributed by atoms with Gasteiger partial charge >= 0.3 is 0 Å². The van der Waals surface area contributed by atoms with E-state index in [1.807, 2.05) is 0 Å². The molecule has 0 unspecified atom stereocenters. The quantitative estimate of drug-likeness (QED) is 0.375. The second-order valence-electron chi connectivity index (χ2n) is 1.14. The van der Waals surface area contributed by atoms with Crippen LogP contribution in [0.4, 0.5) is 0 Å². The molecular formula is C4H12N2Na2. The van der Waals surface area contributed by atoms with Crippen LogP contribution >= 0.6 is 0 Å². The zero-order chi connectivity index (χ0) is 4.83. The largest absolute Gasteiger partial charge is 0.329 e. The SMILES string of the molecule is CCNCCN.[Na].[Na]. The van der Waals surface area contributed by atoms with Gasteiger partial charge in [-0.05, 0) is 6.54 Å². The average Bonchev–Trinajstić information content (AvgIpc) is 1.61. The Bertz CT molecular complexity index is 24.0. The molecule has 0 aliphatic heterocycles. The number of rotatable bonds is 3. The Morgan fingerprint density at radius 1 is 1.38 bits per heavy atom. The average molecular weight is 134 g/mol. The van der Waals surface area contributed by atoms with Crippen LogP contribution in [0.2, 0.25) is 0 Å². The number of nitrogens with one attached hydrogen (secondary N) is 1. The summed E-state index contributed by atoms with van der Waals surface area (Å²) in [4.78, 5) is 0. The van der Waals surface area contributed by atoms with Gasteiger partial charge < -0.3 is 11.1 Å². The zero-order valence-corrected chi connectivity index (χ0v) is 10.2. The van der Waals surface area contributed by atoms with E-state index in [0.717, 1.165) is 19.6 Å². The summed E-state index contributed by atoms with van der Waals surface area (Å²) in [6.07, 6.45) is 0. The van der Waals surface area contributed by atoms with Gasteiger partial charge in [-0.25, -0.2) is 0 Å². The molecule has 4 heteroatoms. The summed E-state index contributed by atoms with van der Waals surface area (Å²) in [5.41, 5.74) is 5.15. The van der Waals surface area contributed by atoms with Crippen molar-refractivity contribution in [3.63, 3.8) is 0 Å². The van der Waals surface area contributed by atoms with Crippen molar-refractivity contribution < 1.29 is 0 Å². The molecule has 0 fully saturated rings. The van der Waals surface area contributed by atoms with E-state index in [1.165, 1.54) is 0 Å². The van der Waals surface area contributed by atoms with E-state index < -0.39 is 0 Å². The van der Waals surface area contributed by atoms with Gasteiger partial charge in [0, 0.05) is 72.2 Å². The molecule has 8 heavy (non-hydrogen) atoms. The molecule has 0 amide bonds. The van der Waals surface area contributed by atoms with Crippen LogP contribution in [0.3, 0.4) is 0 Å². The van der Waals surface area contributed by atoms with E-state index in [4.69, 9.17) is 5.73 Å². The predicted octanol–water partition coefficient (Wildman–Crippen LogP) is -1.21. The summed E-state index contributed by atoms with van der Waals surface area (Å²) in [6.45, 7) is 4.77. The van der Waals surface area contributed by atoms with Crippen molar-refractivity contribution in [2.45, 2.75) is 6.92 Å². The first kappa shape index (κ1) is 16.5. The van der Waals surface area contributed by atoms with Gasteiger partial charge in [0.1, 0.15) is 0 Å². The molecule has 0 heterocycles. The minimum absolute atomic E-state index is 0. The van der Waals surface area contributed by atoms with Gasteiger partial charge in [0.05, 0.1) is 0 Å². The molecule has 0 aromatic heterocycles. The van der Waals surface area contributed by atoms with Crippen molar-refractivity contribution in [1.82, 2.24) is 5.32 Å². The standard InChI is InChI=1S/C4H12N2.2Na/c1-2-6-4-3-5;;/h6H,2-5H2,1H3;;. The van der Waals surface area contributed by atoms with Crippen LogP contribution in [0.5, 0.6) is 0 Å². The third-order valence-electron chi connectivity index (χ3n) is 0.571. The van der Waals surface area contributed by atoms with Crippen LogP contribution < -0.4 is 11.1 Å².